The summed E-state index contributed by atoms with van der Waals surface area (Å²) in [4.78, 5) is 2.96. The normalized spacial score (nSPS) is 13.4. The number of benzene rings is 2. The molecular weight excluding hydrogens is 373 g/mol. The number of rotatable bonds is 7. The zero-order valence-electron chi connectivity index (χ0n) is 14.8. The Morgan fingerprint density at radius 3 is 2.33 bits per heavy atom. The van der Waals surface area contributed by atoms with Crippen molar-refractivity contribution >= 4 is 10.0 Å². The molecule has 0 saturated heterocycles. The summed E-state index contributed by atoms with van der Waals surface area (Å²) in [5.74, 6) is -1.28. The van der Waals surface area contributed by atoms with Crippen molar-refractivity contribution in [3.8, 4) is 0 Å². The molecule has 0 aliphatic rings. The van der Waals surface area contributed by atoms with Crippen LogP contribution in [0.4, 0.5) is 4.39 Å². The lowest BCUT2D eigenvalue weighted by Crippen LogP contribution is -2.30. The highest BCUT2D eigenvalue weighted by Crippen LogP contribution is 2.28. The van der Waals surface area contributed by atoms with E-state index in [1.54, 1.807) is 19.1 Å². The number of aliphatic hydroxyl groups is 1. The van der Waals surface area contributed by atoms with Gasteiger partial charge in [-0.25, -0.2) is 12.8 Å². The Balaban J connectivity index is 2.52. The summed E-state index contributed by atoms with van der Waals surface area (Å²) < 4.78 is 46.0. The maximum absolute atomic E-state index is 13.3. The number of halogens is 1. The zero-order chi connectivity index (χ0) is 20.0. The highest BCUT2D eigenvalue weighted by Gasteiger charge is 2.37. The molecule has 0 fully saturated rings. The minimum absolute atomic E-state index is 0.0200. The van der Waals surface area contributed by atoms with Crippen LogP contribution in [0.5, 0.6) is 0 Å². The lowest BCUT2D eigenvalue weighted by molar-refractivity contribution is 0.0968. The third kappa shape index (κ3) is 5.03. The summed E-state index contributed by atoms with van der Waals surface area (Å²) in [6.07, 6.45) is 0. The van der Waals surface area contributed by atoms with Crippen molar-refractivity contribution in [2.45, 2.75) is 24.8 Å². The van der Waals surface area contributed by atoms with Gasteiger partial charge in [0.05, 0.1) is 11.5 Å². The summed E-state index contributed by atoms with van der Waals surface area (Å²) in [5, 5.41) is 19.3. The third-order valence-electron chi connectivity index (χ3n) is 3.69. The lowest BCUT2D eigenvalue weighted by atomic mass is 10.1. The van der Waals surface area contributed by atoms with E-state index in [4.69, 9.17) is 4.74 Å². The van der Waals surface area contributed by atoms with Gasteiger partial charge in [-0.3, -0.25) is 0 Å². The summed E-state index contributed by atoms with van der Waals surface area (Å²) in [7, 11) is -4.05. The van der Waals surface area contributed by atoms with Crippen LogP contribution >= 0.6 is 0 Å². The van der Waals surface area contributed by atoms with Crippen LogP contribution < -0.4 is 4.72 Å². The first-order chi connectivity index (χ1) is 12.8. The average Bonchev–Trinajstić information content (AvgIpc) is 2.63. The molecule has 2 rings (SSSR count). The molecule has 0 saturated carbocycles. The van der Waals surface area contributed by atoms with Gasteiger partial charge in [0.25, 0.3) is 0 Å². The van der Waals surface area contributed by atoms with E-state index in [1.165, 1.54) is 24.3 Å². The molecule has 0 amide bonds. The van der Waals surface area contributed by atoms with Crippen LogP contribution in [0.2, 0.25) is 0 Å². The van der Waals surface area contributed by atoms with E-state index in [-0.39, 0.29) is 17.1 Å². The van der Waals surface area contributed by atoms with Gasteiger partial charge in [-0.1, -0.05) is 29.8 Å². The van der Waals surface area contributed by atoms with Crippen molar-refractivity contribution in [2.24, 2.45) is 0 Å². The highest BCUT2D eigenvalue weighted by atomic mass is 32.2. The van der Waals surface area contributed by atoms with Gasteiger partial charge in [-0.15, -0.1) is 0 Å². The van der Waals surface area contributed by atoms with E-state index in [0.717, 1.165) is 17.7 Å². The summed E-state index contributed by atoms with van der Waals surface area (Å²) in [5.41, 5.74) is 0.661. The van der Waals surface area contributed by atoms with Gasteiger partial charge in [0.15, 0.2) is 11.0 Å². The topological polar surface area (TPSA) is 104 Å². The number of hydrogen-bond acceptors (Lipinski definition) is 5. The number of aliphatic hydroxyl groups excluding tert-OH is 1. The lowest BCUT2D eigenvalue weighted by Gasteiger charge is -2.14. The fraction of sp³-hybridized carbons (Fsp3) is 0.222. The standard InChI is InChI=1S/C18H18FN3O4S/c1-3-26-18(23)17(21-20)16(13-6-8-14(19)9-7-13)22-27(24,25)15-10-4-12(2)5-11-15/h4-11,16,22H,3H2,1-2H3/p+1/b18-17-. The molecule has 0 bridgehead atoms. The fourth-order valence-corrected chi connectivity index (χ4v) is 3.50. The Morgan fingerprint density at radius 2 is 1.81 bits per heavy atom. The molecule has 0 aliphatic carbocycles. The molecule has 142 valence electrons. The maximum atomic E-state index is 13.3. The van der Waals surface area contributed by atoms with E-state index in [2.05, 4.69) is 9.70 Å². The van der Waals surface area contributed by atoms with E-state index in [0.29, 0.717) is 0 Å². The number of hydrogen-bond donors (Lipinski definition) is 2. The molecule has 2 aromatic rings. The Bertz CT molecular complexity index is 965. The first kappa shape index (κ1) is 20.4. The molecule has 1 unspecified atom stereocenters. The number of diazo groups is 1. The van der Waals surface area contributed by atoms with E-state index in [9.17, 15) is 23.3 Å². The van der Waals surface area contributed by atoms with Crippen molar-refractivity contribution in [1.82, 2.24) is 4.72 Å². The predicted octanol–water partition coefficient (Wildman–Crippen LogP) is 3.77. The minimum atomic E-state index is -4.05. The van der Waals surface area contributed by atoms with Crippen LogP contribution in [-0.4, -0.2) is 20.1 Å². The second-order valence-electron chi connectivity index (χ2n) is 5.64. The van der Waals surface area contributed by atoms with Crippen molar-refractivity contribution in [2.75, 3.05) is 6.61 Å². The van der Waals surface area contributed by atoms with Gasteiger partial charge >= 0.3 is 11.6 Å². The zero-order valence-corrected chi connectivity index (χ0v) is 15.6. The molecule has 0 spiro atoms. The van der Waals surface area contributed by atoms with Gasteiger partial charge in [0.2, 0.25) is 15.4 Å². The molecule has 7 nitrogen and oxygen atoms in total. The van der Waals surface area contributed by atoms with Crippen molar-refractivity contribution in [3.63, 3.8) is 0 Å². The fourth-order valence-electron chi connectivity index (χ4n) is 2.31. The van der Waals surface area contributed by atoms with Gasteiger partial charge in [0, 0.05) is 0 Å². The predicted molar refractivity (Wildman–Crippen MR) is 97.0 cm³/mol. The van der Waals surface area contributed by atoms with Gasteiger partial charge < -0.3 is 9.84 Å². The molecule has 27 heavy (non-hydrogen) atoms. The Morgan fingerprint density at radius 1 is 1.22 bits per heavy atom. The van der Waals surface area contributed by atoms with Crippen molar-refractivity contribution in [3.05, 3.63) is 82.1 Å². The monoisotopic (exact) mass is 392 g/mol. The minimum Gasteiger partial charge on any atom is -0.475 e. The third-order valence-corrected chi connectivity index (χ3v) is 5.13. The van der Waals surface area contributed by atoms with E-state index >= 15 is 0 Å². The molecule has 0 aliphatic heterocycles. The summed E-state index contributed by atoms with van der Waals surface area (Å²) in [6.45, 7) is 3.47. The second kappa shape index (κ2) is 8.62. The van der Waals surface area contributed by atoms with E-state index < -0.39 is 33.5 Å². The quantitative estimate of drug-likeness (QED) is 0.551. The maximum Gasteiger partial charge on any atom is 0.462 e. The van der Waals surface area contributed by atoms with Gasteiger partial charge in [0.1, 0.15) is 5.82 Å². The van der Waals surface area contributed by atoms with Crippen LogP contribution in [0.3, 0.4) is 0 Å². The Hall–Kier alpha value is -2.96. The van der Waals surface area contributed by atoms with Crippen molar-refractivity contribution in [1.29, 1.82) is 5.39 Å². The Kier molecular flexibility index (Phi) is 6.50. The first-order valence-electron chi connectivity index (χ1n) is 8.04. The number of ether oxygens (including phenoxy) is 1. The van der Waals surface area contributed by atoms with Crippen LogP contribution in [0.1, 0.15) is 24.1 Å². The van der Waals surface area contributed by atoms with Crippen LogP contribution in [0, 0.1) is 18.1 Å². The smallest absolute Gasteiger partial charge is 0.462 e. The summed E-state index contributed by atoms with van der Waals surface area (Å²) >= 11 is 0. The molecular formula is C18H19FN3O4S+. The van der Waals surface area contributed by atoms with E-state index in [1.807, 2.05) is 6.92 Å². The second-order valence-corrected chi connectivity index (χ2v) is 7.36. The van der Waals surface area contributed by atoms with Crippen LogP contribution in [0.25, 0.3) is 4.98 Å². The number of nitrogens with one attached hydrogen (secondary N) is 1. The average molecular weight is 392 g/mol. The van der Waals surface area contributed by atoms with Gasteiger partial charge in [-0.2, -0.15) is 4.72 Å². The molecule has 2 N–H and O–H groups in total. The summed E-state index contributed by atoms with van der Waals surface area (Å²) in [6, 6.07) is 9.64. The van der Waals surface area contributed by atoms with Gasteiger partial charge in [-0.05, 0) is 43.7 Å². The largest absolute Gasteiger partial charge is 0.475 e. The molecule has 0 aromatic heterocycles. The molecule has 0 radical (unpaired) electrons. The number of nitrogens with zero attached hydrogens (tertiary/aromatic N) is 2. The molecule has 2 aromatic carbocycles. The van der Waals surface area contributed by atoms with Crippen LogP contribution in [0.15, 0.2) is 65.1 Å². The molecule has 1 atom stereocenters. The Labute approximate surface area is 156 Å². The first-order valence-corrected chi connectivity index (χ1v) is 9.52. The van der Waals surface area contributed by atoms with Crippen LogP contribution in [-0.2, 0) is 14.8 Å². The molecule has 0 heterocycles. The number of aryl methyl sites for hydroxylation is 1. The van der Waals surface area contributed by atoms with Crippen molar-refractivity contribution < 1.29 is 22.7 Å². The highest BCUT2D eigenvalue weighted by molar-refractivity contribution is 7.89. The number of sulfonamides is 1. The SMILES string of the molecule is CCO/C(O)=C(\[N+]#N)C(NS(=O)(=O)c1ccc(C)cc1)c1ccc(F)cc1. The molecule has 9 heteroatoms.